The summed E-state index contributed by atoms with van der Waals surface area (Å²) in [6, 6.07) is 10.8. The zero-order valence-electron chi connectivity index (χ0n) is 14.8. The summed E-state index contributed by atoms with van der Waals surface area (Å²) in [6.45, 7) is 4.95. The first kappa shape index (κ1) is 17.5. The Morgan fingerprint density at radius 2 is 1.85 bits per heavy atom. The van der Waals surface area contributed by atoms with Gasteiger partial charge in [-0.25, -0.2) is 9.97 Å². The highest BCUT2D eigenvalue weighted by Gasteiger charge is 2.23. The van der Waals surface area contributed by atoms with Gasteiger partial charge in [0.25, 0.3) is 5.69 Å². The minimum Gasteiger partial charge on any atom is -0.367 e. The molecule has 3 aromatic rings. The molecule has 0 atom stereocenters. The normalized spacial score (nSPS) is 14.6. The lowest BCUT2D eigenvalue weighted by molar-refractivity contribution is -0.383. The van der Waals surface area contributed by atoms with Gasteiger partial charge in [0, 0.05) is 55.2 Å². The fourth-order valence-corrected chi connectivity index (χ4v) is 3.76. The number of non-ortho nitro benzene ring substituents is 1. The first-order chi connectivity index (χ1) is 13.0. The molecule has 1 aliphatic rings. The van der Waals surface area contributed by atoms with Gasteiger partial charge in [0.2, 0.25) is 0 Å². The molecule has 0 bridgehead atoms. The van der Waals surface area contributed by atoms with Crippen molar-refractivity contribution >= 4 is 39.7 Å². The minimum atomic E-state index is -0.375. The van der Waals surface area contributed by atoms with E-state index in [-0.39, 0.29) is 10.6 Å². The second-order valence-electron chi connectivity index (χ2n) is 6.50. The Bertz CT molecular complexity index is 1020. The molecule has 2 aromatic heterocycles. The van der Waals surface area contributed by atoms with Crippen LogP contribution in [0.5, 0.6) is 0 Å². The summed E-state index contributed by atoms with van der Waals surface area (Å²) in [7, 11) is 0. The van der Waals surface area contributed by atoms with E-state index in [2.05, 4.69) is 19.8 Å². The number of aryl methyl sites for hydroxylation is 1. The van der Waals surface area contributed by atoms with E-state index < -0.39 is 0 Å². The summed E-state index contributed by atoms with van der Waals surface area (Å²) in [4.78, 5) is 24.2. The monoisotopic (exact) mass is 383 g/mol. The second kappa shape index (κ2) is 7.00. The fourth-order valence-electron chi connectivity index (χ4n) is 3.52. The van der Waals surface area contributed by atoms with Crippen molar-refractivity contribution in [1.29, 1.82) is 0 Å². The third-order valence-electron chi connectivity index (χ3n) is 4.78. The number of nitrogens with zero attached hydrogens (tertiary/aromatic N) is 5. The molecule has 0 amide bonds. The average Bonchev–Trinajstić information content (AvgIpc) is 2.67. The molecule has 1 aliphatic heterocycles. The van der Waals surface area contributed by atoms with Crippen LogP contribution in [0, 0.1) is 17.0 Å². The number of nitro benzene ring substituents is 1. The maximum absolute atomic E-state index is 11.4. The van der Waals surface area contributed by atoms with Gasteiger partial charge in [0.05, 0.1) is 9.95 Å². The Morgan fingerprint density at radius 1 is 1.11 bits per heavy atom. The van der Waals surface area contributed by atoms with Crippen LogP contribution in [0.25, 0.3) is 10.9 Å². The van der Waals surface area contributed by atoms with Gasteiger partial charge < -0.3 is 9.80 Å². The van der Waals surface area contributed by atoms with Gasteiger partial charge in [-0.3, -0.25) is 10.1 Å². The molecule has 138 valence electrons. The van der Waals surface area contributed by atoms with Gasteiger partial charge in [0.1, 0.15) is 5.82 Å². The second-order valence-corrected chi connectivity index (χ2v) is 6.90. The van der Waals surface area contributed by atoms with Crippen molar-refractivity contribution in [1.82, 2.24) is 9.97 Å². The van der Waals surface area contributed by atoms with Gasteiger partial charge in [-0.2, -0.15) is 0 Å². The van der Waals surface area contributed by atoms with Crippen LogP contribution in [0.2, 0.25) is 5.02 Å². The number of hydrogen-bond acceptors (Lipinski definition) is 6. The van der Waals surface area contributed by atoms with E-state index in [1.165, 1.54) is 6.07 Å². The highest BCUT2D eigenvalue weighted by atomic mass is 35.5. The Morgan fingerprint density at radius 3 is 2.56 bits per heavy atom. The SMILES string of the molecule is Cc1cc(N2CCN(c3ncccc3Cl)CC2)c2cccc([N+](=O)[O-])c2n1. The molecule has 0 N–H and O–H groups in total. The topological polar surface area (TPSA) is 75.4 Å². The Kier molecular flexibility index (Phi) is 4.53. The smallest absolute Gasteiger partial charge is 0.295 e. The van der Waals surface area contributed by atoms with Gasteiger partial charge in [-0.1, -0.05) is 23.7 Å². The zero-order valence-corrected chi connectivity index (χ0v) is 15.6. The Labute approximate surface area is 161 Å². The molecule has 0 unspecified atom stereocenters. The van der Waals surface area contributed by atoms with Gasteiger partial charge in [-0.15, -0.1) is 0 Å². The standard InChI is InChI=1S/C19H18ClN5O2/c1-13-12-17(14-4-2-6-16(25(26)27)18(14)22-13)23-8-10-24(11-9-23)19-15(20)5-3-7-21-19/h2-7,12H,8-11H2,1H3. The molecule has 0 saturated carbocycles. The van der Waals surface area contributed by atoms with E-state index in [4.69, 9.17) is 11.6 Å². The molecule has 1 saturated heterocycles. The van der Waals surface area contributed by atoms with Crippen LogP contribution in [0.4, 0.5) is 17.2 Å². The van der Waals surface area contributed by atoms with Crippen LogP contribution in [-0.2, 0) is 0 Å². The summed E-state index contributed by atoms with van der Waals surface area (Å²) in [6.07, 6.45) is 1.74. The van der Waals surface area contributed by atoms with E-state index in [1.807, 2.05) is 31.2 Å². The van der Waals surface area contributed by atoms with Crippen LogP contribution < -0.4 is 9.80 Å². The lowest BCUT2D eigenvalue weighted by Gasteiger charge is -2.37. The van der Waals surface area contributed by atoms with Crippen molar-refractivity contribution in [3.8, 4) is 0 Å². The number of fused-ring (bicyclic) bond motifs is 1. The summed E-state index contributed by atoms with van der Waals surface area (Å²) in [5, 5.41) is 12.8. The molecule has 3 heterocycles. The predicted octanol–water partition coefficient (Wildman–Crippen LogP) is 3.83. The van der Waals surface area contributed by atoms with Gasteiger partial charge in [-0.05, 0) is 25.1 Å². The molecule has 7 nitrogen and oxygen atoms in total. The number of aromatic nitrogens is 2. The van der Waals surface area contributed by atoms with Crippen molar-refractivity contribution < 1.29 is 4.92 Å². The molecule has 27 heavy (non-hydrogen) atoms. The Balaban J connectivity index is 1.65. The molecule has 0 aliphatic carbocycles. The van der Waals surface area contributed by atoms with Crippen LogP contribution in [-0.4, -0.2) is 41.1 Å². The van der Waals surface area contributed by atoms with E-state index in [1.54, 1.807) is 12.3 Å². The maximum atomic E-state index is 11.4. The molecular weight excluding hydrogens is 366 g/mol. The number of hydrogen-bond donors (Lipinski definition) is 0. The van der Waals surface area contributed by atoms with Crippen molar-refractivity contribution in [2.24, 2.45) is 0 Å². The number of halogens is 1. The van der Waals surface area contributed by atoms with Crippen LogP contribution >= 0.6 is 11.6 Å². The number of rotatable bonds is 3. The zero-order chi connectivity index (χ0) is 19.0. The molecule has 4 rings (SSSR count). The van der Waals surface area contributed by atoms with Crippen molar-refractivity contribution in [3.63, 3.8) is 0 Å². The molecule has 0 radical (unpaired) electrons. The summed E-state index contributed by atoms with van der Waals surface area (Å²) >= 11 is 6.27. The first-order valence-corrected chi connectivity index (χ1v) is 9.07. The van der Waals surface area contributed by atoms with Gasteiger partial charge in [0.15, 0.2) is 5.52 Å². The van der Waals surface area contributed by atoms with Crippen LogP contribution in [0.1, 0.15) is 5.69 Å². The largest absolute Gasteiger partial charge is 0.367 e. The quantitative estimate of drug-likeness (QED) is 0.505. The molecule has 1 fully saturated rings. The van der Waals surface area contributed by atoms with Crippen molar-refractivity contribution in [2.45, 2.75) is 6.92 Å². The van der Waals surface area contributed by atoms with Crippen molar-refractivity contribution in [2.75, 3.05) is 36.0 Å². The molecule has 8 heteroatoms. The lowest BCUT2D eigenvalue weighted by Crippen LogP contribution is -2.47. The fraction of sp³-hybridized carbons (Fsp3) is 0.263. The number of piperazine rings is 1. The number of para-hydroxylation sites is 1. The van der Waals surface area contributed by atoms with E-state index >= 15 is 0 Å². The van der Waals surface area contributed by atoms with Crippen LogP contribution in [0.15, 0.2) is 42.6 Å². The minimum absolute atomic E-state index is 0.0383. The number of benzene rings is 1. The molecule has 0 spiro atoms. The average molecular weight is 384 g/mol. The predicted molar refractivity (Wildman–Crippen MR) is 107 cm³/mol. The van der Waals surface area contributed by atoms with E-state index in [0.717, 1.165) is 48.8 Å². The van der Waals surface area contributed by atoms with Gasteiger partial charge >= 0.3 is 0 Å². The summed E-state index contributed by atoms with van der Waals surface area (Å²) in [5.74, 6) is 0.797. The first-order valence-electron chi connectivity index (χ1n) is 8.70. The Hall–Kier alpha value is -2.93. The van der Waals surface area contributed by atoms with Crippen molar-refractivity contribution in [3.05, 3.63) is 63.4 Å². The maximum Gasteiger partial charge on any atom is 0.295 e. The number of nitro groups is 1. The lowest BCUT2D eigenvalue weighted by atomic mass is 10.1. The highest BCUT2D eigenvalue weighted by molar-refractivity contribution is 6.32. The van der Waals surface area contributed by atoms with E-state index in [9.17, 15) is 10.1 Å². The third-order valence-corrected chi connectivity index (χ3v) is 5.08. The third kappa shape index (κ3) is 3.26. The summed E-state index contributed by atoms with van der Waals surface area (Å²) < 4.78 is 0. The number of pyridine rings is 2. The van der Waals surface area contributed by atoms with Crippen LogP contribution in [0.3, 0.4) is 0 Å². The number of anilines is 2. The highest BCUT2D eigenvalue weighted by Crippen LogP contribution is 2.33. The summed E-state index contributed by atoms with van der Waals surface area (Å²) in [5.41, 5.74) is 2.22. The molecular formula is C19H18ClN5O2. The van der Waals surface area contributed by atoms with E-state index in [0.29, 0.717) is 10.5 Å². The molecule has 1 aromatic carbocycles.